The molecule has 2 rings (SSSR count). The minimum atomic E-state index is 0.00289. The summed E-state index contributed by atoms with van der Waals surface area (Å²) in [5, 5.41) is 0. The Hall–Kier alpha value is -0.660. The monoisotopic (exact) mass is 194 g/mol. The lowest BCUT2D eigenvalue weighted by atomic mass is 9.66. The molecule has 2 aliphatic carbocycles. The van der Waals surface area contributed by atoms with Gasteiger partial charge in [-0.2, -0.15) is 0 Å². The molecule has 0 radical (unpaired) electrons. The van der Waals surface area contributed by atoms with Crippen LogP contribution in [-0.2, 0) is 9.59 Å². The quantitative estimate of drug-likeness (QED) is 0.642. The third-order valence-electron chi connectivity index (χ3n) is 3.95. The van der Waals surface area contributed by atoms with E-state index in [1.807, 2.05) is 0 Å². The van der Waals surface area contributed by atoms with E-state index < -0.39 is 0 Å². The summed E-state index contributed by atoms with van der Waals surface area (Å²) in [6, 6.07) is 0. The summed E-state index contributed by atoms with van der Waals surface area (Å²) in [6.07, 6.45) is 6.22. The van der Waals surface area contributed by atoms with Gasteiger partial charge >= 0.3 is 0 Å². The van der Waals surface area contributed by atoms with Crippen LogP contribution >= 0.6 is 0 Å². The van der Waals surface area contributed by atoms with E-state index in [0.29, 0.717) is 18.0 Å². The van der Waals surface area contributed by atoms with Gasteiger partial charge in [0.25, 0.3) is 0 Å². The molecule has 2 aliphatic rings. The van der Waals surface area contributed by atoms with E-state index in [4.69, 9.17) is 0 Å². The Morgan fingerprint density at radius 3 is 2.57 bits per heavy atom. The number of carbonyl (C=O) groups excluding carboxylic acids is 2. The molecule has 0 aliphatic heterocycles. The first kappa shape index (κ1) is 9.88. The summed E-state index contributed by atoms with van der Waals surface area (Å²) in [5.74, 6) is 0.951. The molecule has 2 heteroatoms. The zero-order valence-corrected chi connectivity index (χ0v) is 8.84. The van der Waals surface area contributed by atoms with Gasteiger partial charge in [-0.3, -0.25) is 9.59 Å². The van der Waals surface area contributed by atoms with E-state index >= 15 is 0 Å². The molecule has 0 aromatic rings. The summed E-state index contributed by atoms with van der Waals surface area (Å²) >= 11 is 0. The van der Waals surface area contributed by atoms with Gasteiger partial charge in [-0.1, -0.05) is 6.92 Å². The van der Waals surface area contributed by atoms with E-state index in [2.05, 4.69) is 6.92 Å². The summed E-state index contributed by atoms with van der Waals surface area (Å²) < 4.78 is 0. The molecular weight excluding hydrogens is 176 g/mol. The highest BCUT2D eigenvalue weighted by Crippen LogP contribution is 2.46. The minimum Gasteiger partial charge on any atom is -0.300 e. The second kappa shape index (κ2) is 3.48. The first-order valence-corrected chi connectivity index (χ1v) is 5.66. The van der Waals surface area contributed by atoms with Gasteiger partial charge in [-0.15, -0.1) is 0 Å². The van der Waals surface area contributed by atoms with Crippen molar-refractivity contribution in [1.82, 2.24) is 0 Å². The molecule has 0 spiro atoms. The molecule has 0 aromatic heterocycles. The number of hydrogen-bond acceptors (Lipinski definition) is 2. The van der Waals surface area contributed by atoms with Gasteiger partial charge in [0.1, 0.15) is 11.6 Å². The van der Waals surface area contributed by atoms with Gasteiger partial charge in [0.2, 0.25) is 0 Å². The Kier molecular flexibility index (Phi) is 2.46. The van der Waals surface area contributed by atoms with Crippen molar-refractivity contribution in [2.75, 3.05) is 0 Å². The smallest absolute Gasteiger partial charge is 0.136 e. The highest BCUT2D eigenvalue weighted by molar-refractivity contribution is 5.86. The third kappa shape index (κ3) is 1.62. The van der Waals surface area contributed by atoms with Crippen LogP contribution in [0.4, 0.5) is 0 Å². The minimum absolute atomic E-state index is 0.00289. The molecule has 0 heterocycles. The summed E-state index contributed by atoms with van der Waals surface area (Å²) in [5.41, 5.74) is 0.00289. The molecule has 78 valence electrons. The Labute approximate surface area is 85.1 Å². The molecule has 0 N–H and O–H groups in total. The van der Waals surface area contributed by atoms with Gasteiger partial charge in [0.05, 0.1) is 0 Å². The second-order valence-corrected chi connectivity index (χ2v) is 5.13. The van der Waals surface area contributed by atoms with Gasteiger partial charge in [0.15, 0.2) is 0 Å². The van der Waals surface area contributed by atoms with Crippen molar-refractivity contribution >= 4 is 11.6 Å². The Morgan fingerprint density at radius 2 is 2.00 bits per heavy atom. The van der Waals surface area contributed by atoms with Gasteiger partial charge in [-0.05, 0) is 31.1 Å². The lowest BCUT2D eigenvalue weighted by Crippen LogP contribution is -2.35. The van der Waals surface area contributed by atoms with Crippen molar-refractivity contribution < 1.29 is 9.59 Å². The van der Waals surface area contributed by atoms with E-state index in [1.54, 1.807) is 0 Å². The number of carbonyl (C=O) groups is 2. The van der Waals surface area contributed by atoms with E-state index in [9.17, 15) is 9.59 Å². The van der Waals surface area contributed by atoms with Crippen LogP contribution in [0.2, 0.25) is 0 Å². The summed E-state index contributed by atoms with van der Waals surface area (Å²) in [6.45, 7) is 2.14. The van der Waals surface area contributed by atoms with Crippen molar-refractivity contribution in [3.63, 3.8) is 0 Å². The van der Waals surface area contributed by atoms with Crippen LogP contribution < -0.4 is 0 Å². The number of ketones is 2. The second-order valence-electron chi connectivity index (χ2n) is 5.13. The largest absolute Gasteiger partial charge is 0.300 e. The fourth-order valence-corrected chi connectivity index (χ4v) is 3.17. The maximum absolute atomic E-state index is 11.7. The molecule has 2 unspecified atom stereocenters. The van der Waals surface area contributed by atoms with E-state index in [0.717, 1.165) is 38.5 Å². The number of rotatable bonds is 1. The molecule has 0 saturated heterocycles. The molecular formula is C12H18O2. The first-order valence-electron chi connectivity index (χ1n) is 5.66. The summed E-state index contributed by atoms with van der Waals surface area (Å²) in [7, 11) is 0. The van der Waals surface area contributed by atoms with E-state index in [-0.39, 0.29) is 11.3 Å². The average molecular weight is 194 g/mol. The topological polar surface area (TPSA) is 34.1 Å². The Morgan fingerprint density at radius 1 is 1.21 bits per heavy atom. The summed E-state index contributed by atoms with van der Waals surface area (Å²) in [4.78, 5) is 23.1. The van der Waals surface area contributed by atoms with Crippen LogP contribution in [0.25, 0.3) is 0 Å². The van der Waals surface area contributed by atoms with E-state index in [1.165, 1.54) is 0 Å². The fourth-order valence-electron chi connectivity index (χ4n) is 3.17. The van der Waals surface area contributed by atoms with Crippen molar-refractivity contribution in [2.45, 2.75) is 51.9 Å². The number of hydrogen-bond donors (Lipinski definition) is 0. The molecule has 0 bridgehead atoms. The van der Waals surface area contributed by atoms with Crippen molar-refractivity contribution in [3.8, 4) is 0 Å². The average Bonchev–Trinajstić information content (AvgIpc) is 2.51. The van der Waals surface area contributed by atoms with Crippen molar-refractivity contribution in [2.24, 2.45) is 11.3 Å². The lowest BCUT2D eigenvalue weighted by Gasteiger charge is -2.37. The molecule has 2 saturated carbocycles. The van der Waals surface area contributed by atoms with Gasteiger partial charge in [0, 0.05) is 25.2 Å². The molecule has 0 amide bonds. The highest BCUT2D eigenvalue weighted by Gasteiger charge is 2.43. The lowest BCUT2D eigenvalue weighted by molar-refractivity contribution is -0.129. The van der Waals surface area contributed by atoms with Crippen LogP contribution in [0.5, 0.6) is 0 Å². The fraction of sp³-hybridized carbons (Fsp3) is 0.833. The Bertz CT molecular complexity index is 269. The zero-order chi connectivity index (χ0) is 10.2. The van der Waals surface area contributed by atoms with Crippen molar-refractivity contribution in [3.05, 3.63) is 0 Å². The van der Waals surface area contributed by atoms with Crippen LogP contribution in [0.1, 0.15) is 51.9 Å². The third-order valence-corrected chi connectivity index (χ3v) is 3.95. The van der Waals surface area contributed by atoms with Crippen LogP contribution in [0.15, 0.2) is 0 Å². The normalized spacial score (nSPS) is 39.1. The Balaban J connectivity index is 2.13. The molecule has 0 aromatic carbocycles. The number of Topliss-reactive ketones (excluding diaryl/α,β-unsaturated/α-hetero) is 2. The highest BCUT2D eigenvalue weighted by atomic mass is 16.1. The van der Waals surface area contributed by atoms with Crippen molar-refractivity contribution in [1.29, 1.82) is 0 Å². The predicted octanol–water partition coefficient (Wildman–Crippen LogP) is 2.51. The maximum atomic E-state index is 11.7. The maximum Gasteiger partial charge on any atom is 0.136 e. The zero-order valence-electron chi connectivity index (χ0n) is 8.84. The molecule has 14 heavy (non-hydrogen) atoms. The first-order chi connectivity index (χ1) is 6.62. The van der Waals surface area contributed by atoms with Gasteiger partial charge < -0.3 is 0 Å². The SMILES string of the molecule is CC1(C2CCCC2=O)CCCC(=O)C1. The van der Waals surface area contributed by atoms with Crippen LogP contribution in [0.3, 0.4) is 0 Å². The standard InChI is InChI=1S/C12H18O2/c1-12(7-3-4-9(13)8-12)10-5-2-6-11(10)14/h10H,2-8H2,1H3. The molecule has 2 fully saturated rings. The predicted molar refractivity (Wildman–Crippen MR) is 53.9 cm³/mol. The van der Waals surface area contributed by atoms with Crippen LogP contribution in [0, 0.1) is 11.3 Å². The van der Waals surface area contributed by atoms with Crippen LogP contribution in [-0.4, -0.2) is 11.6 Å². The molecule has 2 atom stereocenters. The molecule has 2 nitrogen and oxygen atoms in total. The van der Waals surface area contributed by atoms with Gasteiger partial charge in [-0.25, -0.2) is 0 Å².